The summed E-state index contributed by atoms with van der Waals surface area (Å²) in [4.78, 5) is 38.1. The summed E-state index contributed by atoms with van der Waals surface area (Å²) < 4.78 is 16.9. The highest BCUT2D eigenvalue weighted by Crippen LogP contribution is 2.17. The zero-order chi connectivity index (χ0) is 48.6. The van der Waals surface area contributed by atoms with E-state index in [2.05, 4.69) is 45.1 Å². The molecule has 0 aliphatic heterocycles. The maximum absolute atomic E-state index is 12.9. The van der Waals surface area contributed by atoms with Crippen LogP contribution in [0.3, 0.4) is 0 Å². The molecule has 0 aliphatic rings. The van der Waals surface area contributed by atoms with Gasteiger partial charge in [-0.1, -0.05) is 263 Å². The second kappa shape index (κ2) is 56.5. The van der Waals surface area contributed by atoms with Crippen LogP contribution in [-0.4, -0.2) is 37.2 Å². The molecule has 0 aromatic carbocycles. The summed E-state index contributed by atoms with van der Waals surface area (Å²) in [5, 5.41) is 0. The minimum atomic E-state index is -0.769. The Balaban J connectivity index is 4.28. The zero-order valence-electron chi connectivity index (χ0n) is 45.2. The van der Waals surface area contributed by atoms with Crippen LogP contribution in [0.2, 0.25) is 0 Å². The summed E-state index contributed by atoms with van der Waals surface area (Å²) in [6, 6.07) is 0. The number of esters is 3. The van der Waals surface area contributed by atoms with Crippen molar-refractivity contribution < 1.29 is 28.6 Å². The van der Waals surface area contributed by atoms with Gasteiger partial charge in [0.05, 0.1) is 0 Å². The first-order valence-electron chi connectivity index (χ1n) is 29.8. The number of hydrogen-bond acceptors (Lipinski definition) is 6. The first kappa shape index (κ1) is 64.9. The lowest BCUT2D eigenvalue weighted by Gasteiger charge is -2.18. The van der Waals surface area contributed by atoms with Crippen LogP contribution in [0.1, 0.15) is 329 Å². The quantitative estimate of drug-likeness (QED) is 0.0262. The average molecular weight is 944 g/mol. The molecule has 0 bridgehead atoms. The third kappa shape index (κ3) is 54.7. The molecule has 0 aromatic heterocycles. The number of unbranched alkanes of at least 4 members (excludes halogenated alkanes) is 40. The maximum atomic E-state index is 12.9. The monoisotopic (exact) mass is 943 g/mol. The van der Waals surface area contributed by atoms with Crippen molar-refractivity contribution in [3.05, 3.63) is 24.3 Å². The van der Waals surface area contributed by atoms with Gasteiger partial charge in [-0.2, -0.15) is 0 Å². The van der Waals surface area contributed by atoms with Crippen LogP contribution in [0.25, 0.3) is 0 Å². The Bertz CT molecular complexity index is 1080. The molecule has 0 saturated heterocycles. The van der Waals surface area contributed by atoms with Crippen molar-refractivity contribution in [2.75, 3.05) is 13.2 Å². The first-order chi connectivity index (χ1) is 33.0. The van der Waals surface area contributed by atoms with Crippen molar-refractivity contribution in [2.45, 2.75) is 335 Å². The van der Waals surface area contributed by atoms with E-state index in [1.165, 1.54) is 231 Å². The lowest BCUT2D eigenvalue weighted by atomic mass is 10.1. The molecule has 0 N–H and O–H groups in total. The average Bonchev–Trinajstić information content (AvgIpc) is 3.33. The number of carbonyl (C=O) groups is 3. The van der Waals surface area contributed by atoms with Gasteiger partial charge in [0.15, 0.2) is 6.10 Å². The van der Waals surface area contributed by atoms with Gasteiger partial charge in [-0.3, -0.25) is 14.4 Å². The maximum Gasteiger partial charge on any atom is 0.306 e. The predicted octanol–water partition coefficient (Wildman–Crippen LogP) is 19.9. The summed E-state index contributed by atoms with van der Waals surface area (Å²) >= 11 is 0. The van der Waals surface area contributed by atoms with Gasteiger partial charge in [0.2, 0.25) is 0 Å². The second-order valence-electron chi connectivity index (χ2n) is 20.3. The highest BCUT2D eigenvalue weighted by atomic mass is 16.6. The van der Waals surface area contributed by atoms with E-state index in [1.54, 1.807) is 0 Å². The minimum absolute atomic E-state index is 0.0681. The lowest BCUT2D eigenvalue weighted by Crippen LogP contribution is -2.30. The molecule has 1 atom stereocenters. The van der Waals surface area contributed by atoms with Gasteiger partial charge in [-0.25, -0.2) is 0 Å². The van der Waals surface area contributed by atoms with Crippen molar-refractivity contribution in [1.29, 1.82) is 0 Å². The molecule has 0 radical (unpaired) electrons. The number of hydrogen-bond donors (Lipinski definition) is 0. The predicted molar refractivity (Wildman–Crippen MR) is 289 cm³/mol. The van der Waals surface area contributed by atoms with Crippen molar-refractivity contribution in [2.24, 2.45) is 0 Å². The van der Waals surface area contributed by atoms with Crippen molar-refractivity contribution in [3.63, 3.8) is 0 Å². The third-order valence-corrected chi connectivity index (χ3v) is 13.4. The topological polar surface area (TPSA) is 78.9 Å². The van der Waals surface area contributed by atoms with E-state index >= 15 is 0 Å². The van der Waals surface area contributed by atoms with Gasteiger partial charge in [-0.15, -0.1) is 0 Å². The molecule has 0 amide bonds. The van der Waals surface area contributed by atoms with E-state index in [1.807, 2.05) is 0 Å². The molecular formula is C61H114O6. The van der Waals surface area contributed by atoms with E-state index in [-0.39, 0.29) is 31.1 Å². The van der Waals surface area contributed by atoms with Gasteiger partial charge >= 0.3 is 17.9 Å². The molecule has 0 rings (SSSR count). The Morgan fingerprint density at radius 1 is 0.284 bits per heavy atom. The van der Waals surface area contributed by atoms with E-state index in [4.69, 9.17) is 14.2 Å². The first-order valence-corrected chi connectivity index (χ1v) is 29.8. The number of rotatable bonds is 55. The fourth-order valence-corrected chi connectivity index (χ4v) is 8.91. The lowest BCUT2D eigenvalue weighted by molar-refractivity contribution is -0.167. The van der Waals surface area contributed by atoms with Crippen LogP contribution in [0.5, 0.6) is 0 Å². The SMILES string of the molecule is CCCCCCCC/C=C\CCCCCCCCCCCC(=O)OC[C@H](COC(=O)CCCCCCCCCCCCC)OC(=O)CCCCCCCCCCC/C=C\CCCCCCCC. The molecule has 0 unspecified atom stereocenters. The molecule has 0 fully saturated rings. The normalized spacial score (nSPS) is 12.1. The van der Waals surface area contributed by atoms with Gasteiger partial charge in [-0.05, 0) is 70.6 Å². The summed E-state index contributed by atoms with van der Waals surface area (Å²) in [5.74, 6) is -0.852. The third-order valence-electron chi connectivity index (χ3n) is 13.4. The van der Waals surface area contributed by atoms with E-state index in [0.717, 1.165) is 57.8 Å². The van der Waals surface area contributed by atoms with Crippen molar-refractivity contribution >= 4 is 17.9 Å². The number of carbonyl (C=O) groups excluding carboxylic acids is 3. The van der Waals surface area contributed by atoms with Crippen LogP contribution < -0.4 is 0 Å². The Kier molecular flexibility index (Phi) is 54.7. The van der Waals surface area contributed by atoms with E-state index in [9.17, 15) is 14.4 Å². The van der Waals surface area contributed by atoms with Crippen molar-refractivity contribution in [3.8, 4) is 0 Å². The Labute approximate surface area is 417 Å². The molecule has 0 spiro atoms. The smallest absolute Gasteiger partial charge is 0.306 e. The number of allylic oxidation sites excluding steroid dienone is 4. The number of ether oxygens (including phenoxy) is 3. The molecule has 0 aromatic rings. The Morgan fingerprint density at radius 3 is 0.746 bits per heavy atom. The van der Waals surface area contributed by atoms with Crippen molar-refractivity contribution in [1.82, 2.24) is 0 Å². The summed E-state index contributed by atoms with van der Waals surface area (Å²) in [7, 11) is 0. The molecule has 6 nitrogen and oxygen atoms in total. The zero-order valence-corrected chi connectivity index (χ0v) is 45.2. The second-order valence-corrected chi connectivity index (χ2v) is 20.3. The standard InChI is InChI=1S/C61H114O6/c1-4-7-10-13-16-19-22-24-26-28-30-32-34-36-39-42-45-48-51-54-60(63)66-57-58(56-65-59(62)53-50-47-44-41-38-21-18-15-12-9-6-3)67-61(64)55-52-49-46-43-40-37-35-33-31-29-27-25-23-20-17-14-11-8-5-2/h24-27,58H,4-23,28-57H2,1-3H3/b26-24-,27-25-/t58-/m0/s1. The molecule has 6 heteroatoms. The minimum Gasteiger partial charge on any atom is -0.462 e. The Morgan fingerprint density at radius 2 is 0.493 bits per heavy atom. The highest BCUT2D eigenvalue weighted by molar-refractivity contribution is 5.71. The van der Waals surface area contributed by atoms with Gasteiger partial charge in [0.1, 0.15) is 13.2 Å². The van der Waals surface area contributed by atoms with E-state index < -0.39 is 6.10 Å². The van der Waals surface area contributed by atoms with Gasteiger partial charge in [0, 0.05) is 19.3 Å². The van der Waals surface area contributed by atoms with Gasteiger partial charge < -0.3 is 14.2 Å². The molecule has 0 aliphatic carbocycles. The van der Waals surface area contributed by atoms with Crippen LogP contribution in [-0.2, 0) is 28.6 Å². The largest absolute Gasteiger partial charge is 0.462 e. The molecule has 394 valence electrons. The summed E-state index contributed by atoms with van der Waals surface area (Å²) in [5.41, 5.74) is 0. The molecule has 67 heavy (non-hydrogen) atoms. The fraction of sp³-hybridized carbons (Fsp3) is 0.885. The summed E-state index contributed by atoms with van der Waals surface area (Å²) in [6.45, 7) is 6.67. The molecule has 0 heterocycles. The fourth-order valence-electron chi connectivity index (χ4n) is 8.91. The van der Waals surface area contributed by atoms with E-state index in [0.29, 0.717) is 19.3 Å². The van der Waals surface area contributed by atoms with Crippen LogP contribution in [0.15, 0.2) is 24.3 Å². The molecular weight excluding hydrogens is 829 g/mol. The summed E-state index contributed by atoms with van der Waals surface area (Å²) in [6.07, 6.45) is 66.0. The highest BCUT2D eigenvalue weighted by Gasteiger charge is 2.19. The van der Waals surface area contributed by atoms with Crippen LogP contribution in [0.4, 0.5) is 0 Å². The Hall–Kier alpha value is -2.11. The van der Waals surface area contributed by atoms with Gasteiger partial charge in [0.25, 0.3) is 0 Å². The molecule has 0 saturated carbocycles. The van der Waals surface area contributed by atoms with Crippen LogP contribution >= 0.6 is 0 Å². The van der Waals surface area contributed by atoms with Crippen LogP contribution in [0, 0.1) is 0 Å².